The van der Waals surface area contributed by atoms with Crippen LogP contribution in [0.3, 0.4) is 0 Å². The SMILES string of the molecule is CC(O)CNC(C)c1c[nH]c2ccccc12. The first-order valence-corrected chi connectivity index (χ1v) is 5.66. The fraction of sp³-hybridized carbons (Fsp3) is 0.385. The Morgan fingerprint density at radius 1 is 1.31 bits per heavy atom. The third-order valence-corrected chi connectivity index (χ3v) is 2.81. The predicted octanol–water partition coefficient (Wildman–Crippen LogP) is 2.20. The van der Waals surface area contributed by atoms with Gasteiger partial charge in [0, 0.05) is 29.7 Å². The third-order valence-electron chi connectivity index (χ3n) is 2.81. The van der Waals surface area contributed by atoms with Gasteiger partial charge in [0.25, 0.3) is 0 Å². The zero-order valence-electron chi connectivity index (χ0n) is 9.70. The Balaban J connectivity index is 2.19. The quantitative estimate of drug-likeness (QED) is 0.736. The number of benzene rings is 1. The van der Waals surface area contributed by atoms with Crippen LogP contribution in [0.1, 0.15) is 25.5 Å². The average Bonchev–Trinajstić information content (AvgIpc) is 2.69. The van der Waals surface area contributed by atoms with Crippen LogP contribution in [-0.2, 0) is 0 Å². The van der Waals surface area contributed by atoms with E-state index in [2.05, 4.69) is 29.4 Å². The highest BCUT2D eigenvalue weighted by Crippen LogP contribution is 2.23. The van der Waals surface area contributed by atoms with Gasteiger partial charge in [0.15, 0.2) is 0 Å². The van der Waals surface area contributed by atoms with E-state index in [1.807, 2.05) is 18.3 Å². The van der Waals surface area contributed by atoms with Crippen LogP contribution in [0.5, 0.6) is 0 Å². The number of aromatic nitrogens is 1. The molecule has 3 heteroatoms. The maximum atomic E-state index is 9.24. The molecule has 2 aromatic rings. The Hall–Kier alpha value is -1.32. The summed E-state index contributed by atoms with van der Waals surface area (Å²) in [5.41, 5.74) is 2.40. The summed E-state index contributed by atoms with van der Waals surface area (Å²) < 4.78 is 0. The number of hydrogen-bond donors (Lipinski definition) is 3. The molecule has 86 valence electrons. The molecule has 2 unspecified atom stereocenters. The summed E-state index contributed by atoms with van der Waals surface area (Å²) in [6.07, 6.45) is 1.72. The highest BCUT2D eigenvalue weighted by Gasteiger charge is 2.10. The first-order valence-electron chi connectivity index (χ1n) is 5.66. The Labute approximate surface area is 95.5 Å². The van der Waals surface area contributed by atoms with Crippen LogP contribution >= 0.6 is 0 Å². The van der Waals surface area contributed by atoms with Crippen LogP contribution in [-0.4, -0.2) is 22.7 Å². The molecule has 3 nitrogen and oxygen atoms in total. The largest absolute Gasteiger partial charge is 0.392 e. The number of para-hydroxylation sites is 1. The molecule has 2 rings (SSSR count). The molecule has 0 aliphatic heterocycles. The Morgan fingerprint density at radius 3 is 2.81 bits per heavy atom. The molecule has 0 amide bonds. The van der Waals surface area contributed by atoms with Crippen LogP contribution in [0, 0.1) is 0 Å². The first kappa shape index (κ1) is 11.2. The molecule has 0 aliphatic rings. The lowest BCUT2D eigenvalue weighted by atomic mass is 10.1. The molecule has 16 heavy (non-hydrogen) atoms. The summed E-state index contributed by atoms with van der Waals surface area (Å²) in [7, 11) is 0. The number of aliphatic hydroxyl groups is 1. The van der Waals surface area contributed by atoms with E-state index in [0.717, 1.165) is 5.52 Å². The molecule has 0 saturated heterocycles. The molecular weight excluding hydrogens is 200 g/mol. The Morgan fingerprint density at radius 2 is 2.06 bits per heavy atom. The van der Waals surface area contributed by atoms with Crippen molar-refractivity contribution >= 4 is 10.9 Å². The van der Waals surface area contributed by atoms with Gasteiger partial charge in [-0.1, -0.05) is 18.2 Å². The Kier molecular flexibility index (Phi) is 3.27. The topological polar surface area (TPSA) is 48.0 Å². The molecule has 1 heterocycles. The first-order chi connectivity index (χ1) is 7.68. The number of aromatic amines is 1. The third kappa shape index (κ3) is 2.26. The fourth-order valence-electron chi connectivity index (χ4n) is 1.91. The number of H-pyrrole nitrogens is 1. The number of nitrogens with one attached hydrogen (secondary N) is 2. The van der Waals surface area contributed by atoms with Crippen molar-refractivity contribution < 1.29 is 5.11 Å². The van der Waals surface area contributed by atoms with E-state index in [1.54, 1.807) is 6.92 Å². The highest BCUT2D eigenvalue weighted by atomic mass is 16.3. The molecule has 0 fully saturated rings. The minimum Gasteiger partial charge on any atom is -0.392 e. The zero-order chi connectivity index (χ0) is 11.5. The van der Waals surface area contributed by atoms with E-state index in [4.69, 9.17) is 0 Å². The lowest BCUT2D eigenvalue weighted by Gasteiger charge is -2.14. The second kappa shape index (κ2) is 4.68. The van der Waals surface area contributed by atoms with Crippen molar-refractivity contribution in [3.8, 4) is 0 Å². The van der Waals surface area contributed by atoms with Crippen molar-refractivity contribution in [3.63, 3.8) is 0 Å². The normalized spacial score (nSPS) is 15.2. The molecule has 0 aliphatic carbocycles. The number of aliphatic hydroxyl groups excluding tert-OH is 1. The standard InChI is InChI=1S/C13H18N2O/c1-9(16)7-14-10(2)12-8-15-13-6-4-3-5-11(12)13/h3-6,8-10,14-16H,7H2,1-2H3. The van der Waals surface area contributed by atoms with E-state index in [1.165, 1.54) is 10.9 Å². The van der Waals surface area contributed by atoms with Gasteiger partial charge in [-0.15, -0.1) is 0 Å². The molecule has 0 saturated carbocycles. The minimum absolute atomic E-state index is 0.241. The van der Waals surface area contributed by atoms with Crippen molar-refractivity contribution in [3.05, 3.63) is 36.0 Å². The van der Waals surface area contributed by atoms with Crippen LogP contribution in [0.25, 0.3) is 10.9 Å². The van der Waals surface area contributed by atoms with Crippen LogP contribution in [0.4, 0.5) is 0 Å². The van der Waals surface area contributed by atoms with E-state index >= 15 is 0 Å². The van der Waals surface area contributed by atoms with Crippen molar-refractivity contribution in [1.82, 2.24) is 10.3 Å². The summed E-state index contributed by atoms with van der Waals surface area (Å²) in [6, 6.07) is 8.49. The molecule has 1 aromatic heterocycles. The molecule has 0 bridgehead atoms. The van der Waals surface area contributed by atoms with E-state index in [0.29, 0.717) is 6.54 Å². The van der Waals surface area contributed by atoms with E-state index < -0.39 is 0 Å². The second-order valence-corrected chi connectivity index (χ2v) is 4.27. The summed E-state index contributed by atoms with van der Waals surface area (Å²) in [4.78, 5) is 3.25. The van der Waals surface area contributed by atoms with E-state index in [9.17, 15) is 5.11 Å². The number of hydrogen-bond acceptors (Lipinski definition) is 2. The van der Waals surface area contributed by atoms with Gasteiger partial charge in [0.1, 0.15) is 0 Å². The average molecular weight is 218 g/mol. The Bertz CT molecular complexity index is 462. The summed E-state index contributed by atoms with van der Waals surface area (Å²) in [5.74, 6) is 0. The molecule has 1 aromatic carbocycles. The fourth-order valence-corrected chi connectivity index (χ4v) is 1.91. The van der Waals surface area contributed by atoms with Crippen LogP contribution in [0.2, 0.25) is 0 Å². The highest BCUT2D eigenvalue weighted by molar-refractivity contribution is 5.83. The lowest BCUT2D eigenvalue weighted by Crippen LogP contribution is -2.26. The predicted molar refractivity (Wildman–Crippen MR) is 66.4 cm³/mol. The van der Waals surface area contributed by atoms with Gasteiger partial charge in [-0.3, -0.25) is 0 Å². The minimum atomic E-state index is -0.312. The molecule has 0 radical (unpaired) electrons. The number of fused-ring (bicyclic) bond motifs is 1. The number of rotatable bonds is 4. The van der Waals surface area contributed by atoms with Gasteiger partial charge in [-0.2, -0.15) is 0 Å². The van der Waals surface area contributed by atoms with Crippen molar-refractivity contribution in [1.29, 1.82) is 0 Å². The van der Waals surface area contributed by atoms with Crippen molar-refractivity contribution in [2.45, 2.75) is 26.0 Å². The smallest absolute Gasteiger partial charge is 0.0636 e. The zero-order valence-corrected chi connectivity index (χ0v) is 9.70. The van der Waals surface area contributed by atoms with Crippen molar-refractivity contribution in [2.75, 3.05) is 6.54 Å². The molecular formula is C13H18N2O. The molecule has 3 N–H and O–H groups in total. The molecule has 2 atom stereocenters. The van der Waals surface area contributed by atoms with Crippen LogP contribution < -0.4 is 5.32 Å². The van der Waals surface area contributed by atoms with Crippen LogP contribution in [0.15, 0.2) is 30.5 Å². The molecule has 0 spiro atoms. The van der Waals surface area contributed by atoms with Gasteiger partial charge in [0.05, 0.1) is 6.10 Å². The van der Waals surface area contributed by atoms with Gasteiger partial charge >= 0.3 is 0 Å². The van der Waals surface area contributed by atoms with Gasteiger partial charge in [0.2, 0.25) is 0 Å². The van der Waals surface area contributed by atoms with Gasteiger partial charge in [-0.05, 0) is 25.5 Å². The summed E-state index contributed by atoms with van der Waals surface area (Å²) in [6.45, 7) is 4.51. The van der Waals surface area contributed by atoms with Crippen molar-refractivity contribution in [2.24, 2.45) is 0 Å². The maximum Gasteiger partial charge on any atom is 0.0636 e. The van der Waals surface area contributed by atoms with Gasteiger partial charge in [-0.25, -0.2) is 0 Å². The van der Waals surface area contributed by atoms with E-state index in [-0.39, 0.29) is 12.1 Å². The van der Waals surface area contributed by atoms with Gasteiger partial charge < -0.3 is 15.4 Å². The lowest BCUT2D eigenvalue weighted by molar-refractivity contribution is 0.187. The summed E-state index contributed by atoms with van der Waals surface area (Å²) >= 11 is 0. The maximum absolute atomic E-state index is 9.24. The summed E-state index contributed by atoms with van der Waals surface area (Å²) in [5, 5.41) is 13.8. The monoisotopic (exact) mass is 218 g/mol. The second-order valence-electron chi connectivity index (χ2n) is 4.27.